The van der Waals surface area contributed by atoms with Crippen LogP contribution in [0.1, 0.15) is 5.56 Å². The van der Waals surface area contributed by atoms with E-state index in [0.29, 0.717) is 0 Å². The summed E-state index contributed by atoms with van der Waals surface area (Å²) in [6.45, 7) is 0. The molecule has 0 N–H and O–H groups in total. The number of rotatable bonds is 1. The number of allylic oxidation sites excluding steroid dienone is 1. The molecule has 0 aliphatic carbocycles. The second-order valence-corrected chi connectivity index (χ2v) is 4.55. The predicted molar refractivity (Wildman–Crippen MR) is 80.7 cm³/mol. The fourth-order valence-electron chi connectivity index (χ4n) is 2.36. The van der Waals surface area contributed by atoms with E-state index in [1.165, 1.54) is 5.39 Å². The van der Waals surface area contributed by atoms with E-state index in [9.17, 15) is 0 Å². The second kappa shape index (κ2) is 4.88. The molecule has 3 aromatic rings. The van der Waals surface area contributed by atoms with Crippen molar-refractivity contribution in [3.8, 4) is 12.1 Å². The zero-order chi connectivity index (χ0) is 13.9. The molecule has 0 heterocycles. The molecule has 0 aromatic heterocycles. The van der Waals surface area contributed by atoms with E-state index in [4.69, 9.17) is 10.5 Å². The quantitative estimate of drug-likeness (QED) is 0.476. The van der Waals surface area contributed by atoms with Gasteiger partial charge in [-0.1, -0.05) is 42.5 Å². The summed E-state index contributed by atoms with van der Waals surface area (Å²) in [6, 6.07) is 22.1. The van der Waals surface area contributed by atoms with Gasteiger partial charge in [-0.25, -0.2) is 0 Å². The topological polar surface area (TPSA) is 47.6 Å². The molecule has 0 saturated heterocycles. The fraction of sp³-hybridized carbons (Fsp3) is 0. The van der Waals surface area contributed by atoms with Crippen LogP contribution in [0.15, 0.2) is 60.2 Å². The van der Waals surface area contributed by atoms with Crippen LogP contribution in [0.3, 0.4) is 0 Å². The molecule has 0 radical (unpaired) electrons. The summed E-state index contributed by atoms with van der Waals surface area (Å²) < 4.78 is 0. The SMILES string of the molecule is N#CC(C#N)=Cc1cccc2cc3ccccc3cc12. The maximum Gasteiger partial charge on any atom is 0.130 e. The first-order valence-corrected chi connectivity index (χ1v) is 6.25. The van der Waals surface area contributed by atoms with Crippen LogP contribution < -0.4 is 0 Å². The van der Waals surface area contributed by atoms with Crippen molar-refractivity contribution in [2.45, 2.75) is 0 Å². The normalized spacial score (nSPS) is 9.90. The van der Waals surface area contributed by atoms with Crippen LogP contribution in [0.4, 0.5) is 0 Å². The zero-order valence-electron chi connectivity index (χ0n) is 10.7. The average molecular weight is 254 g/mol. The van der Waals surface area contributed by atoms with Gasteiger partial charge in [-0.2, -0.15) is 10.5 Å². The van der Waals surface area contributed by atoms with Crippen molar-refractivity contribution in [2.75, 3.05) is 0 Å². The Labute approximate surface area is 116 Å². The lowest BCUT2D eigenvalue weighted by Gasteiger charge is -2.05. The largest absolute Gasteiger partial charge is 0.192 e. The second-order valence-electron chi connectivity index (χ2n) is 4.55. The van der Waals surface area contributed by atoms with Crippen molar-refractivity contribution in [1.82, 2.24) is 0 Å². The van der Waals surface area contributed by atoms with Crippen molar-refractivity contribution in [1.29, 1.82) is 10.5 Å². The number of fused-ring (bicyclic) bond motifs is 2. The summed E-state index contributed by atoms with van der Waals surface area (Å²) in [7, 11) is 0. The Morgan fingerprint density at radius 3 is 2.15 bits per heavy atom. The summed E-state index contributed by atoms with van der Waals surface area (Å²) in [5, 5.41) is 22.3. The minimum Gasteiger partial charge on any atom is -0.192 e. The Balaban J connectivity index is 2.35. The number of nitrogens with zero attached hydrogens (tertiary/aromatic N) is 2. The summed E-state index contributed by atoms with van der Waals surface area (Å²) in [5.41, 5.74) is 1.01. The molecule has 0 spiro atoms. The minimum absolute atomic E-state index is 0.116. The van der Waals surface area contributed by atoms with Crippen LogP contribution >= 0.6 is 0 Å². The van der Waals surface area contributed by atoms with Gasteiger partial charge in [0.1, 0.15) is 17.7 Å². The number of nitriles is 2. The summed E-state index contributed by atoms with van der Waals surface area (Å²) >= 11 is 0. The van der Waals surface area contributed by atoms with E-state index in [2.05, 4.69) is 24.3 Å². The predicted octanol–water partition coefficient (Wildman–Crippen LogP) is 4.42. The first kappa shape index (κ1) is 12.0. The molecule has 0 amide bonds. The van der Waals surface area contributed by atoms with Crippen molar-refractivity contribution >= 4 is 27.6 Å². The molecule has 3 rings (SSSR count). The van der Waals surface area contributed by atoms with Crippen molar-refractivity contribution in [3.63, 3.8) is 0 Å². The zero-order valence-corrected chi connectivity index (χ0v) is 10.7. The highest BCUT2D eigenvalue weighted by Crippen LogP contribution is 2.26. The molecule has 0 aliphatic rings. The van der Waals surface area contributed by atoms with E-state index in [1.807, 2.05) is 42.5 Å². The van der Waals surface area contributed by atoms with Crippen LogP contribution in [0.25, 0.3) is 27.6 Å². The lowest BCUT2D eigenvalue weighted by Crippen LogP contribution is -1.82. The number of hydrogen-bond donors (Lipinski definition) is 0. The Morgan fingerprint density at radius 2 is 1.45 bits per heavy atom. The van der Waals surface area contributed by atoms with E-state index < -0.39 is 0 Å². The number of hydrogen-bond acceptors (Lipinski definition) is 2. The average Bonchev–Trinajstić information content (AvgIpc) is 2.50. The lowest BCUT2D eigenvalue weighted by molar-refractivity contribution is 1.47. The molecule has 0 fully saturated rings. The maximum atomic E-state index is 8.89. The molecular formula is C18H10N2. The molecule has 2 nitrogen and oxygen atoms in total. The lowest BCUT2D eigenvalue weighted by atomic mass is 9.99. The smallest absolute Gasteiger partial charge is 0.130 e. The molecule has 92 valence electrons. The van der Waals surface area contributed by atoms with Crippen LogP contribution in [0, 0.1) is 22.7 Å². The molecule has 0 atom stereocenters. The van der Waals surface area contributed by atoms with Gasteiger partial charge in [-0.05, 0) is 45.3 Å². The van der Waals surface area contributed by atoms with Gasteiger partial charge in [0.15, 0.2) is 0 Å². The highest BCUT2D eigenvalue weighted by Gasteiger charge is 2.02. The molecule has 0 bridgehead atoms. The standard InChI is InChI=1S/C18H10N2/c19-11-13(12-20)8-16-6-3-7-17-9-14-4-1-2-5-15(14)10-18(16)17/h1-10H. The molecule has 0 aliphatic heterocycles. The van der Waals surface area contributed by atoms with E-state index in [-0.39, 0.29) is 5.57 Å². The van der Waals surface area contributed by atoms with E-state index in [0.717, 1.165) is 21.7 Å². The van der Waals surface area contributed by atoms with Crippen LogP contribution in [0.2, 0.25) is 0 Å². The van der Waals surface area contributed by atoms with Crippen LogP contribution in [-0.2, 0) is 0 Å². The summed E-state index contributed by atoms with van der Waals surface area (Å²) in [5.74, 6) is 0. The number of benzene rings is 3. The van der Waals surface area contributed by atoms with Crippen LogP contribution in [-0.4, -0.2) is 0 Å². The highest BCUT2D eigenvalue weighted by atomic mass is 14.3. The van der Waals surface area contributed by atoms with Gasteiger partial charge in [0.25, 0.3) is 0 Å². The third kappa shape index (κ3) is 2.00. The Morgan fingerprint density at radius 1 is 0.800 bits per heavy atom. The third-order valence-corrected chi connectivity index (χ3v) is 3.32. The summed E-state index contributed by atoms with van der Waals surface area (Å²) in [4.78, 5) is 0. The molecular weight excluding hydrogens is 244 g/mol. The van der Waals surface area contributed by atoms with Crippen molar-refractivity contribution in [2.24, 2.45) is 0 Å². The van der Waals surface area contributed by atoms with Crippen molar-refractivity contribution in [3.05, 3.63) is 65.7 Å². The highest BCUT2D eigenvalue weighted by molar-refractivity contribution is 6.02. The molecule has 0 saturated carbocycles. The molecule has 20 heavy (non-hydrogen) atoms. The Hall–Kier alpha value is -3.10. The van der Waals surface area contributed by atoms with E-state index >= 15 is 0 Å². The van der Waals surface area contributed by atoms with Crippen LogP contribution in [0.5, 0.6) is 0 Å². The van der Waals surface area contributed by atoms with Gasteiger partial charge >= 0.3 is 0 Å². The maximum absolute atomic E-state index is 8.89. The summed E-state index contributed by atoms with van der Waals surface area (Å²) in [6.07, 6.45) is 1.64. The van der Waals surface area contributed by atoms with Gasteiger partial charge in [-0.15, -0.1) is 0 Å². The fourth-order valence-corrected chi connectivity index (χ4v) is 2.36. The van der Waals surface area contributed by atoms with Gasteiger partial charge in [-0.3, -0.25) is 0 Å². The monoisotopic (exact) mass is 254 g/mol. The third-order valence-electron chi connectivity index (χ3n) is 3.32. The first-order chi connectivity index (χ1) is 9.81. The first-order valence-electron chi connectivity index (χ1n) is 6.25. The Kier molecular flexibility index (Phi) is 2.92. The Bertz CT molecular complexity index is 905. The molecule has 2 heteroatoms. The molecule has 3 aromatic carbocycles. The van der Waals surface area contributed by atoms with Gasteiger partial charge in [0, 0.05) is 0 Å². The molecule has 0 unspecified atom stereocenters. The van der Waals surface area contributed by atoms with E-state index in [1.54, 1.807) is 6.08 Å². The van der Waals surface area contributed by atoms with Gasteiger partial charge < -0.3 is 0 Å². The van der Waals surface area contributed by atoms with Gasteiger partial charge in [0.05, 0.1) is 0 Å². The van der Waals surface area contributed by atoms with Crippen molar-refractivity contribution < 1.29 is 0 Å². The minimum atomic E-state index is 0.116. The van der Waals surface area contributed by atoms with Gasteiger partial charge in [0.2, 0.25) is 0 Å².